The lowest BCUT2D eigenvalue weighted by molar-refractivity contribution is 0.0922. The second-order valence-electron chi connectivity index (χ2n) is 5.43. The Morgan fingerprint density at radius 3 is 2.29 bits per heavy atom. The summed E-state index contributed by atoms with van der Waals surface area (Å²) in [7, 11) is 5.06. The van der Waals surface area contributed by atoms with Crippen LogP contribution in [0, 0.1) is 0 Å². The SMILES string of the molecule is COc1cc(OC)cc(OCC(=O)c2cn(C)c3ccccc23)c1. The summed E-state index contributed by atoms with van der Waals surface area (Å²) in [4.78, 5) is 12.6. The number of rotatable bonds is 6. The molecule has 124 valence electrons. The number of aryl methyl sites for hydroxylation is 1. The summed E-state index contributed by atoms with van der Waals surface area (Å²) in [5.41, 5.74) is 1.67. The topological polar surface area (TPSA) is 49.7 Å². The summed E-state index contributed by atoms with van der Waals surface area (Å²) in [5.74, 6) is 1.68. The number of fused-ring (bicyclic) bond motifs is 1. The molecule has 0 amide bonds. The highest BCUT2D eigenvalue weighted by molar-refractivity contribution is 6.08. The molecule has 0 aliphatic carbocycles. The Hall–Kier alpha value is -2.95. The number of ketones is 1. The minimum absolute atomic E-state index is 0.0513. The minimum Gasteiger partial charge on any atom is -0.496 e. The third-order valence-corrected chi connectivity index (χ3v) is 3.89. The number of nitrogens with zero attached hydrogens (tertiary/aromatic N) is 1. The van der Waals surface area contributed by atoms with Gasteiger partial charge >= 0.3 is 0 Å². The van der Waals surface area contributed by atoms with E-state index in [2.05, 4.69) is 0 Å². The molecule has 5 heteroatoms. The molecule has 0 fully saturated rings. The van der Waals surface area contributed by atoms with Crippen LogP contribution in [0.15, 0.2) is 48.7 Å². The Morgan fingerprint density at radius 1 is 1.00 bits per heavy atom. The van der Waals surface area contributed by atoms with Gasteiger partial charge in [0, 0.05) is 47.9 Å². The highest BCUT2D eigenvalue weighted by Crippen LogP contribution is 2.28. The van der Waals surface area contributed by atoms with Crippen molar-refractivity contribution in [3.05, 3.63) is 54.2 Å². The van der Waals surface area contributed by atoms with E-state index in [1.807, 2.05) is 42.1 Å². The normalized spacial score (nSPS) is 10.6. The molecule has 0 radical (unpaired) electrons. The molecule has 0 aliphatic rings. The summed E-state index contributed by atoms with van der Waals surface area (Å²) < 4.78 is 18.0. The zero-order valence-corrected chi connectivity index (χ0v) is 13.9. The van der Waals surface area contributed by atoms with Crippen LogP contribution in [0.3, 0.4) is 0 Å². The number of aromatic nitrogens is 1. The van der Waals surface area contributed by atoms with Crippen molar-refractivity contribution in [3.63, 3.8) is 0 Å². The van der Waals surface area contributed by atoms with Crippen LogP contribution in [0.1, 0.15) is 10.4 Å². The average molecular weight is 325 g/mol. The van der Waals surface area contributed by atoms with Gasteiger partial charge in [-0.2, -0.15) is 0 Å². The summed E-state index contributed by atoms with van der Waals surface area (Å²) in [6.07, 6.45) is 1.84. The number of methoxy groups -OCH3 is 2. The Balaban J connectivity index is 1.80. The summed E-state index contributed by atoms with van der Waals surface area (Å²) in [6.45, 7) is -0.0513. The van der Waals surface area contributed by atoms with Gasteiger partial charge in [-0.25, -0.2) is 0 Å². The molecule has 0 saturated heterocycles. The molecule has 2 aromatic carbocycles. The van der Waals surface area contributed by atoms with Crippen LogP contribution in [0.5, 0.6) is 17.2 Å². The second-order valence-corrected chi connectivity index (χ2v) is 5.43. The molecule has 0 bridgehead atoms. The molecular weight excluding hydrogens is 306 g/mol. The predicted molar refractivity (Wildman–Crippen MR) is 92.3 cm³/mol. The fourth-order valence-electron chi connectivity index (χ4n) is 2.66. The average Bonchev–Trinajstić information content (AvgIpc) is 2.96. The van der Waals surface area contributed by atoms with Gasteiger partial charge in [-0.3, -0.25) is 4.79 Å². The van der Waals surface area contributed by atoms with Gasteiger partial charge in [0.25, 0.3) is 0 Å². The van der Waals surface area contributed by atoms with Crippen LogP contribution in [-0.4, -0.2) is 31.2 Å². The van der Waals surface area contributed by atoms with Gasteiger partial charge in [0.2, 0.25) is 5.78 Å². The summed E-state index contributed by atoms with van der Waals surface area (Å²) >= 11 is 0. The molecule has 0 saturated carbocycles. The number of para-hydroxylation sites is 1. The zero-order valence-electron chi connectivity index (χ0n) is 13.9. The number of carbonyl (C=O) groups excluding carboxylic acids is 1. The number of benzene rings is 2. The number of Topliss-reactive ketones (excluding diaryl/α,β-unsaturated/α-hetero) is 1. The van der Waals surface area contributed by atoms with Crippen molar-refractivity contribution >= 4 is 16.7 Å². The lowest BCUT2D eigenvalue weighted by Gasteiger charge is -2.09. The highest BCUT2D eigenvalue weighted by atomic mass is 16.5. The van der Waals surface area contributed by atoms with E-state index in [1.54, 1.807) is 32.4 Å². The van der Waals surface area contributed by atoms with Crippen molar-refractivity contribution in [2.75, 3.05) is 20.8 Å². The van der Waals surface area contributed by atoms with Crippen molar-refractivity contribution in [2.24, 2.45) is 7.05 Å². The van der Waals surface area contributed by atoms with Crippen LogP contribution < -0.4 is 14.2 Å². The molecule has 0 unspecified atom stereocenters. The largest absolute Gasteiger partial charge is 0.496 e. The van der Waals surface area contributed by atoms with Gasteiger partial charge in [0.15, 0.2) is 6.61 Å². The zero-order chi connectivity index (χ0) is 17.1. The van der Waals surface area contributed by atoms with E-state index in [1.165, 1.54) is 0 Å². The molecule has 5 nitrogen and oxygen atoms in total. The fraction of sp³-hybridized carbons (Fsp3) is 0.211. The molecule has 0 aliphatic heterocycles. The van der Waals surface area contributed by atoms with Crippen molar-refractivity contribution in [1.82, 2.24) is 4.57 Å². The maximum atomic E-state index is 12.6. The van der Waals surface area contributed by atoms with Crippen molar-refractivity contribution < 1.29 is 19.0 Å². The van der Waals surface area contributed by atoms with E-state index in [0.717, 1.165) is 10.9 Å². The smallest absolute Gasteiger partial charge is 0.202 e. The fourth-order valence-corrected chi connectivity index (χ4v) is 2.66. The number of carbonyl (C=O) groups is 1. The van der Waals surface area contributed by atoms with Crippen LogP contribution >= 0.6 is 0 Å². The maximum absolute atomic E-state index is 12.6. The first-order valence-electron chi connectivity index (χ1n) is 7.55. The molecule has 1 aromatic heterocycles. The van der Waals surface area contributed by atoms with E-state index < -0.39 is 0 Å². The van der Waals surface area contributed by atoms with Gasteiger partial charge < -0.3 is 18.8 Å². The Bertz CT molecular complexity index is 860. The summed E-state index contributed by atoms with van der Waals surface area (Å²) in [5, 5.41) is 0.928. The number of hydrogen-bond acceptors (Lipinski definition) is 4. The molecule has 0 spiro atoms. The van der Waals surface area contributed by atoms with Crippen molar-refractivity contribution in [2.45, 2.75) is 0 Å². The van der Waals surface area contributed by atoms with E-state index in [4.69, 9.17) is 14.2 Å². The van der Waals surface area contributed by atoms with Gasteiger partial charge in [0.1, 0.15) is 17.2 Å². The third kappa shape index (κ3) is 3.06. The molecule has 3 aromatic rings. The Morgan fingerprint density at radius 2 is 1.62 bits per heavy atom. The Labute approximate surface area is 140 Å². The van der Waals surface area contributed by atoms with Gasteiger partial charge in [-0.15, -0.1) is 0 Å². The first kappa shape index (κ1) is 15.9. The van der Waals surface area contributed by atoms with Crippen LogP contribution in [0.4, 0.5) is 0 Å². The summed E-state index contributed by atoms with van der Waals surface area (Å²) in [6, 6.07) is 13.0. The first-order valence-corrected chi connectivity index (χ1v) is 7.55. The molecule has 0 N–H and O–H groups in total. The van der Waals surface area contributed by atoms with E-state index in [0.29, 0.717) is 22.8 Å². The highest BCUT2D eigenvalue weighted by Gasteiger charge is 2.14. The van der Waals surface area contributed by atoms with Gasteiger partial charge in [-0.1, -0.05) is 18.2 Å². The first-order chi connectivity index (χ1) is 11.6. The van der Waals surface area contributed by atoms with E-state index in [-0.39, 0.29) is 12.4 Å². The van der Waals surface area contributed by atoms with E-state index in [9.17, 15) is 4.79 Å². The number of ether oxygens (including phenoxy) is 3. The van der Waals surface area contributed by atoms with Crippen LogP contribution in [0.2, 0.25) is 0 Å². The lowest BCUT2D eigenvalue weighted by atomic mass is 10.1. The van der Waals surface area contributed by atoms with Crippen molar-refractivity contribution in [1.29, 1.82) is 0 Å². The molecule has 3 rings (SSSR count). The minimum atomic E-state index is -0.0754. The van der Waals surface area contributed by atoms with Gasteiger partial charge in [0.05, 0.1) is 14.2 Å². The van der Waals surface area contributed by atoms with E-state index >= 15 is 0 Å². The quantitative estimate of drug-likeness (QED) is 0.651. The van der Waals surface area contributed by atoms with Crippen LogP contribution in [-0.2, 0) is 7.05 Å². The predicted octanol–water partition coefficient (Wildman–Crippen LogP) is 3.46. The second kappa shape index (κ2) is 6.66. The monoisotopic (exact) mass is 325 g/mol. The molecule has 0 atom stereocenters. The standard InChI is InChI=1S/C19H19NO4/c1-20-11-17(16-6-4-5-7-18(16)20)19(21)12-24-15-9-13(22-2)8-14(10-15)23-3/h4-11H,12H2,1-3H3. The molecule has 24 heavy (non-hydrogen) atoms. The van der Waals surface area contributed by atoms with Gasteiger partial charge in [-0.05, 0) is 6.07 Å². The maximum Gasteiger partial charge on any atom is 0.202 e. The van der Waals surface area contributed by atoms with Crippen molar-refractivity contribution in [3.8, 4) is 17.2 Å². The van der Waals surface area contributed by atoms with Crippen LogP contribution in [0.25, 0.3) is 10.9 Å². The number of hydrogen-bond donors (Lipinski definition) is 0. The Kier molecular flexibility index (Phi) is 4.42. The lowest BCUT2D eigenvalue weighted by Crippen LogP contribution is -2.11. The molecular formula is C19H19NO4. The third-order valence-electron chi connectivity index (χ3n) is 3.89. The molecule has 1 heterocycles.